The zero-order chi connectivity index (χ0) is 12.5. The Morgan fingerprint density at radius 2 is 2.24 bits per heavy atom. The third-order valence-corrected chi connectivity index (χ3v) is 3.43. The summed E-state index contributed by atoms with van der Waals surface area (Å²) in [6.45, 7) is 6.07. The van der Waals surface area contributed by atoms with E-state index in [0.717, 1.165) is 17.1 Å². The predicted octanol–water partition coefficient (Wildman–Crippen LogP) is 1.57. The summed E-state index contributed by atoms with van der Waals surface area (Å²) in [7, 11) is 0. The fraction of sp³-hybridized carbons (Fsp3) is 0.545. The van der Waals surface area contributed by atoms with E-state index < -0.39 is 5.60 Å². The van der Waals surface area contributed by atoms with Crippen LogP contribution in [0.2, 0.25) is 0 Å². The molecule has 0 spiro atoms. The first-order valence-corrected chi connectivity index (χ1v) is 6.43. The summed E-state index contributed by atoms with van der Waals surface area (Å²) in [4.78, 5) is 4.46. The molecule has 2 heterocycles. The normalized spacial score (nSPS) is 12.0. The third kappa shape index (κ3) is 2.89. The highest BCUT2D eigenvalue weighted by Crippen LogP contribution is 2.16. The highest BCUT2D eigenvalue weighted by atomic mass is 32.1. The molecule has 2 rings (SSSR count). The first-order valence-electron chi connectivity index (χ1n) is 5.55. The molecular weight excluding hydrogens is 236 g/mol. The Bertz CT molecular complexity index is 498. The van der Waals surface area contributed by atoms with Crippen molar-refractivity contribution in [2.75, 3.05) is 0 Å². The molecule has 0 atom stereocenters. The minimum atomic E-state index is -0.950. The second-order valence-corrected chi connectivity index (χ2v) is 5.39. The average Bonchev–Trinajstić information content (AvgIpc) is 2.86. The first-order chi connectivity index (χ1) is 7.99. The maximum absolute atomic E-state index is 9.78. The van der Waals surface area contributed by atoms with Gasteiger partial charge in [0.15, 0.2) is 0 Å². The summed E-state index contributed by atoms with van der Waals surface area (Å²) < 4.78 is 1.70. The van der Waals surface area contributed by atoms with Crippen molar-refractivity contribution >= 4 is 11.3 Å². The van der Waals surface area contributed by atoms with Crippen LogP contribution >= 0.6 is 11.3 Å². The summed E-state index contributed by atoms with van der Waals surface area (Å²) in [6.07, 6.45) is 2.71. The van der Waals surface area contributed by atoms with Crippen LogP contribution in [0, 0.1) is 0 Å². The van der Waals surface area contributed by atoms with Gasteiger partial charge in [0.05, 0.1) is 23.4 Å². The fourth-order valence-corrected chi connectivity index (χ4v) is 2.14. The molecule has 0 saturated carbocycles. The lowest BCUT2D eigenvalue weighted by Crippen LogP contribution is -2.15. The van der Waals surface area contributed by atoms with E-state index in [1.807, 2.05) is 5.38 Å². The van der Waals surface area contributed by atoms with Crippen molar-refractivity contribution in [1.29, 1.82) is 0 Å². The lowest BCUT2D eigenvalue weighted by molar-refractivity contribution is 0.0737. The summed E-state index contributed by atoms with van der Waals surface area (Å²) in [6, 6.07) is 0. The van der Waals surface area contributed by atoms with Crippen LogP contribution in [0.1, 0.15) is 37.2 Å². The van der Waals surface area contributed by atoms with Crippen molar-refractivity contribution in [3.63, 3.8) is 0 Å². The van der Waals surface area contributed by atoms with Gasteiger partial charge in [0, 0.05) is 5.38 Å². The predicted molar refractivity (Wildman–Crippen MR) is 65.9 cm³/mol. The minimum Gasteiger partial charge on any atom is -0.384 e. The lowest BCUT2D eigenvalue weighted by Gasteiger charge is -2.11. The molecule has 6 heteroatoms. The topological polar surface area (TPSA) is 63.8 Å². The van der Waals surface area contributed by atoms with Gasteiger partial charge in [-0.25, -0.2) is 9.67 Å². The number of aromatic nitrogens is 4. The maximum Gasteiger partial charge on any atom is 0.114 e. The van der Waals surface area contributed by atoms with Gasteiger partial charge in [-0.05, 0) is 20.3 Å². The zero-order valence-electron chi connectivity index (χ0n) is 10.2. The largest absolute Gasteiger partial charge is 0.384 e. The van der Waals surface area contributed by atoms with Crippen LogP contribution in [-0.4, -0.2) is 25.1 Å². The number of hydrogen-bond acceptors (Lipinski definition) is 5. The van der Waals surface area contributed by atoms with Gasteiger partial charge < -0.3 is 5.11 Å². The molecule has 17 heavy (non-hydrogen) atoms. The van der Waals surface area contributed by atoms with Crippen molar-refractivity contribution in [1.82, 2.24) is 20.0 Å². The van der Waals surface area contributed by atoms with E-state index in [1.165, 1.54) is 0 Å². The number of rotatable bonds is 4. The van der Waals surface area contributed by atoms with Gasteiger partial charge in [-0.3, -0.25) is 0 Å². The van der Waals surface area contributed by atoms with Crippen LogP contribution in [-0.2, 0) is 18.6 Å². The highest BCUT2D eigenvalue weighted by molar-refractivity contribution is 7.09. The SMILES string of the molecule is CCc1nc(Cn2cc(C(C)(C)O)nn2)cs1. The number of aryl methyl sites for hydroxylation is 1. The molecule has 1 N–H and O–H groups in total. The molecule has 0 aliphatic carbocycles. The standard InChI is InChI=1S/C11H16N4OS/c1-4-10-12-8(7-17-10)5-15-6-9(13-14-15)11(2,3)16/h6-7,16H,4-5H2,1-3H3. The Kier molecular flexibility index (Phi) is 3.26. The molecule has 2 aromatic heterocycles. The van der Waals surface area contributed by atoms with Crippen LogP contribution in [0.4, 0.5) is 0 Å². The third-order valence-electron chi connectivity index (χ3n) is 2.39. The van der Waals surface area contributed by atoms with E-state index in [-0.39, 0.29) is 0 Å². The van der Waals surface area contributed by atoms with Gasteiger partial charge >= 0.3 is 0 Å². The van der Waals surface area contributed by atoms with E-state index in [4.69, 9.17) is 0 Å². The quantitative estimate of drug-likeness (QED) is 0.897. The molecule has 0 radical (unpaired) electrons. The summed E-state index contributed by atoms with van der Waals surface area (Å²) >= 11 is 1.66. The molecule has 0 unspecified atom stereocenters. The Morgan fingerprint density at radius 3 is 2.76 bits per heavy atom. The molecule has 0 saturated heterocycles. The highest BCUT2D eigenvalue weighted by Gasteiger charge is 2.20. The Morgan fingerprint density at radius 1 is 1.47 bits per heavy atom. The Hall–Kier alpha value is -1.27. The van der Waals surface area contributed by atoms with Gasteiger partial charge in [0.25, 0.3) is 0 Å². The van der Waals surface area contributed by atoms with Crippen LogP contribution in [0.15, 0.2) is 11.6 Å². The summed E-state index contributed by atoms with van der Waals surface area (Å²) in [5.41, 5.74) is 0.608. The molecular formula is C11H16N4OS. The molecule has 92 valence electrons. The van der Waals surface area contributed by atoms with Gasteiger partial charge in [0.2, 0.25) is 0 Å². The van der Waals surface area contributed by atoms with Gasteiger partial charge in [-0.15, -0.1) is 16.4 Å². The summed E-state index contributed by atoms with van der Waals surface area (Å²) in [5.74, 6) is 0. The second-order valence-electron chi connectivity index (χ2n) is 4.45. The smallest absolute Gasteiger partial charge is 0.114 e. The van der Waals surface area contributed by atoms with Crippen LogP contribution in [0.25, 0.3) is 0 Å². The van der Waals surface area contributed by atoms with Gasteiger partial charge in [-0.1, -0.05) is 12.1 Å². The van der Waals surface area contributed by atoms with Gasteiger partial charge in [-0.2, -0.15) is 0 Å². The zero-order valence-corrected chi connectivity index (χ0v) is 11.0. The molecule has 0 aliphatic heterocycles. The second kappa shape index (κ2) is 4.54. The van der Waals surface area contributed by atoms with Crippen LogP contribution < -0.4 is 0 Å². The van der Waals surface area contributed by atoms with E-state index in [1.54, 1.807) is 36.1 Å². The minimum absolute atomic E-state index is 0.573. The monoisotopic (exact) mass is 252 g/mol. The van der Waals surface area contributed by atoms with Crippen molar-refractivity contribution in [2.24, 2.45) is 0 Å². The van der Waals surface area contributed by atoms with Crippen molar-refractivity contribution in [3.8, 4) is 0 Å². The molecule has 2 aromatic rings. The first kappa shape index (κ1) is 12.2. The van der Waals surface area contributed by atoms with E-state index >= 15 is 0 Å². The molecule has 0 aliphatic rings. The van der Waals surface area contributed by atoms with Crippen LogP contribution in [0.3, 0.4) is 0 Å². The Labute approximate surface area is 104 Å². The lowest BCUT2D eigenvalue weighted by atomic mass is 10.1. The number of thiazole rings is 1. The molecule has 0 bridgehead atoms. The van der Waals surface area contributed by atoms with E-state index in [2.05, 4.69) is 22.2 Å². The molecule has 0 fully saturated rings. The molecule has 0 aromatic carbocycles. The van der Waals surface area contributed by atoms with Crippen molar-refractivity contribution in [3.05, 3.63) is 28.0 Å². The van der Waals surface area contributed by atoms with Crippen molar-refractivity contribution in [2.45, 2.75) is 39.3 Å². The van der Waals surface area contributed by atoms with Crippen molar-refractivity contribution < 1.29 is 5.11 Å². The van der Waals surface area contributed by atoms with Gasteiger partial charge in [0.1, 0.15) is 11.3 Å². The van der Waals surface area contributed by atoms with E-state index in [0.29, 0.717) is 12.2 Å². The molecule has 0 amide bonds. The number of hydrogen-bond donors (Lipinski definition) is 1. The average molecular weight is 252 g/mol. The Balaban J connectivity index is 2.11. The van der Waals surface area contributed by atoms with E-state index in [9.17, 15) is 5.11 Å². The maximum atomic E-state index is 9.78. The van der Waals surface area contributed by atoms with Crippen LogP contribution in [0.5, 0.6) is 0 Å². The summed E-state index contributed by atoms with van der Waals surface area (Å²) in [5, 5.41) is 20.9. The fourth-order valence-electron chi connectivity index (χ4n) is 1.41. The number of aliphatic hydroxyl groups is 1. The molecule has 5 nitrogen and oxygen atoms in total. The number of nitrogens with zero attached hydrogens (tertiary/aromatic N) is 4.